The minimum atomic E-state index is -0.103. The Hall–Kier alpha value is -2.72. The van der Waals surface area contributed by atoms with Gasteiger partial charge in [0.05, 0.1) is 0 Å². The summed E-state index contributed by atoms with van der Waals surface area (Å²) >= 11 is 6.16. The van der Waals surface area contributed by atoms with E-state index >= 15 is 0 Å². The van der Waals surface area contributed by atoms with Crippen LogP contribution in [0.25, 0.3) is 0 Å². The lowest BCUT2D eigenvalue weighted by molar-refractivity contribution is 0.103. The Morgan fingerprint density at radius 2 is 2.00 bits per heavy atom. The number of aromatic nitrogens is 2. The van der Waals surface area contributed by atoms with Gasteiger partial charge in [-0.25, -0.2) is 4.98 Å². The summed E-state index contributed by atoms with van der Waals surface area (Å²) in [6.45, 7) is 1.81. The molecular formula is C22H20ClN3O. The molecule has 4 nitrogen and oxygen atoms in total. The fourth-order valence-corrected chi connectivity index (χ4v) is 3.79. The molecule has 0 bridgehead atoms. The standard InChI is InChI=1S/C22H20ClN3O/c23-19-8-1-5-16(13-19)18-7-4-12-26(15-18)21-10-2-9-20(25-21)22(27)17-6-3-11-24-14-17/h1-3,5-6,8-11,13-14,18H,4,7,12,15H2. The fourth-order valence-electron chi connectivity index (χ4n) is 3.59. The number of ketones is 1. The molecule has 0 radical (unpaired) electrons. The molecule has 4 rings (SSSR count). The molecule has 3 heterocycles. The number of hydrogen-bond acceptors (Lipinski definition) is 4. The minimum absolute atomic E-state index is 0.103. The summed E-state index contributed by atoms with van der Waals surface area (Å²) in [5.41, 5.74) is 2.26. The Morgan fingerprint density at radius 1 is 1.11 bits per heavy atom. The average molecular weight is 378 g/mol. The van der Waals surface area contributed by atoms with Gasteiger partial charge in [-0.2, -0.15) is 0 Å². The molecule has 0 spiro atoms. The summed E-state index contributed by atoms with van der Waals surface area (Å²) in [5, 5.41) is 0.770. The highest BCUT2D eigenvalue weighted by Crippen LogP contribution is 2.30. The van der Waals surface area contributed by atoms with Crippen molar-refractivity contribution < 1.29 is 4.79 Å². The zero-order valence-electron chi connectivity index (χ0n) is 14.9. The monoisotopic (exact) mass is 377 g/mol. The van der Waals surface area contributed by atoms with E-state index in [4.69, 9.17) is 11.6 Å². The number of halogens is 1. The molecule has 1 saturated heterocycles. The maximum absolute atomic E-state index is 12.7. The minimum Gasteiger partial charge on any atom is -0.356 e. The zero-order valence-corrected chi connectivity index (χ0v) is 15.6. The summed E-state index contributed by atoms with van der Waals surface area (Å²) in [6.07, 6.45) is 5.45. The first-order valence-corrected chi connectivity index (χ1v) is 9.51. The quantitative estimate of drug-likeness (QED) is 0.616. The molecule has 1 unspecified atom stereocenters. The molecule has 5 heteroatoms. The topological polar surface area (TPSA) is 46.1 Å². The van der Waals surface area contributed by atoms with Gasteiger partial charge in [0.2, 0.25) is 5.78 Å². The van der Waals surface area contributed by atoms with Crippen LogP contribution in [-0.2, 0) is 0 Å². The number of hydrogen-bond donors (Lipinski definition) is 0. The predicted molar refractivity (Wildman–Crippen MR) is 108 cm³/mol. The van der Waals surface area contributed by atoms with Gasteiger partial charge in [-0.1, -0.05) is 29.8 Å². The Morgan fingerprint density at radius 3 is 2.81 bits per heavy atom. The van der Waals surface area contributed by atoms with Gasteiger partial charge in [0.25, 0.3) is 0 Å². The number of benzene rings is 1. The zero-order chi connectivity index (χ0) is 18.6. The van der Waals surface area contributed by atoms with Crippen molar-refractivity contribution in [3.63, 3.8) is 0 Å². The SMILES string of the molecule is O=C(c1cccnc1)c1cccc(N2CCCC(c3cccc(Cl)c3)C2)n1. The molecule has 1 aliphatic heterocycles. The molecule has 1 atom stereocenters. The van der Waals surface area contributed by atoms with Crippen LogP contribution in [0.5, 0.6) is 0 Å². The number of piperidine rings is 1. The largest absolute Gasteiger partial charge is 0.356 e. The van der Waals surface area contributed by atoms with Crippen LogP contribution in [0.3, 0.4) is 0 Å². The number of carbonyl (C=O) groups is 1. The van der Waals surface area contributed by atoms with Crippen LogP contribution in [0.15, 0.2) is 67.0 Å². The molecule has 1 fully saturated rings. The fraction of sp³-hybridized carbons (Fsp3) is 0.227. The van der Waals surface area contributed by atoms with E-state index in [1.165, 1.54) is 5.56 Å². The van der Waals surface area contributed by atoms with Crippen LogP contribution < -0.4 is 4.90 Å². The van der Waals surface area contributed by atoms with Crippen molar-refractivity contribution >= 4 is 23.2 Å². The Bertz CT molecular complexity index is 945. The molecule has 1 aliphatic rings. The van der Waals surface area contributed by atoms with Crippen molar-refractivity contribution in [2.75, 3.05) is 18.0 Å². The lowest BCUT2D eigenvalue weighted by Crippen LogP contribution is -2.35. The highest BCUT2D eigenvalue weighted by Gasteiger charge is 2.23. The molecular weight excluding hydrogens is 358 g/mol. The van der Waals surface area contributed by atoms with E-state index in [0.717, 1.165) is 36.8 Å². The molecule has 27 heavy (non-hydrogen) atoms. The molecule has 2 aromatic heterocycles. The molecule has 1 aromatic carbocycles. The number of pyridine rings is 2. The Labute approximate surface area is 163 Å². The lowest BCUT2D eigenvalue weighted by atomic mass is 9.90. The molecule has 0 saturated carbocycles. The van der Waals surface area contributed by atoms with Crippen LogP contribution in [0.2, 0.25) is 5.02 Å². The first-order chi connectivity index (χ1) is 13.2. The molecule has 0 aliphatic carbocycles. The van der Waals surface area contributed by atoms with Crippen LogP contribution in [0.4, 0.5) is 5.82 Å². The smallest absolute Gasteiger partial charge is 0.212 e. The Kier molecular flexibility index (Phi) is 5.16. The van der Waals surface area contributed by atoms with Gasteiger partial charge < -0.3 is 4.90 Å². The van der Waals surface area contributed by atoms with Gasteiger partial charge in [0.1, 0.15) is 11.5 Å². The van der Waals surface area contributed by atoms with E-state index < -0.39 is 0 Å². The molecule has 0 amide bonds. The summed E-state index contributed by atoms with van der Waals surface area (Å²) in [6, 6.07) is 17.2. The Balaban J connectivity index is 1.55. The van der Waals surface area contributed by atoms with E-state index in [-0.39, 0.29) is 5.78 Å². The van der Waals surface area contributed by atoms with Crippen molar-refractivity contribution in [2.24, 2.45) is 0 Å². The van der Waals surface area contributed by atoms with Crippen LogP contribution in [0.1, 0.15) is 40.4 Å². The molecule has 3 aromatic rings. The van der Waals surface area contributed by atoms with Crippen LogP contribution >= 0.6 is 11.6 Å². The highest BCUT2D eigenvalue weighted by atomic mass is 35.5. The third-order valence-electron chi connectivity index (χ3n) is 4.96. The summed E-state index contributed by atoms with van der Waals surface area (Å²) in [7, 11) is 0. The van der Waals surface area contributed by atoms with E-state index in [1.807, 2.05) is 30.3 Å². The van der Waals surface area contributed by atoms with Gasteiger partial charge in [0, 0.05) is 42.0 Å². The van der Waals surface area contributed by atoms with E-state index in [9.17, 15) is 4.79 Å². The second-order valence-electron chi connectivity index (χ2n) is 6.79. The van der Waals surface area contributed by atoms with Crippen molar-refractivity contribution in [1.29, 1.82) is 0 Å². The summed E-state index contributed by atoms with van der Waals surface area (Å²) in [5.74, 6) is 1.15. The number of anilines is 1. The van der Waals surface area contributed by atoms with Crippen molar-refractivity contribution in [1.82, 2.24) is 9.97 Å². The van der Waals surface area contributed by atoms with Crippen molar-refractivity contribution in [2.45, 2.75) is 18.8 Å². The van der Waals surface area contributed by atoms with Gasteiger partial charge in [-0.15, -0.1) is 0 Å². The van der Waals surface area contributed by atoms with E-state index in [0.29, 0.717) is 17.2 Å². The first kappa shape index (κ1) is 17.7. The second kappa shape index (κ2) is 7.89. The third kappa shape index (κ3) is 4.01. The molecule has 0 N–H and O–H groups in total. The van der Waals surface area contributed by atoms with Gasteiger partial charge in [-0.05, 0) is 54.8 Å². The normalized spacial score (nSPS) is 16.9. The highest BCUT2D eigenvalue weighted by molar-refractivity contribution is 6.30. The van der Waals surface area contributed by atoms with Gasteiger partial charge in [-0.3, -0.25) is 9.78 Å². The second-order valence-corrected chi connectivity index (χ2v) is 7.23. The van der Waals surface area contributed by atoms with Gasteiger partial charge in [0.15, 0.2) is 0 Å². The van der Waals surface area contributed by atoms with Gasteiger partial charge >= 0.3 is 0 Å². The first-order valence-electron chi connectivity index (χ1n) is 9.13. The number of carbonyl (C=O) groups excluding carboxylic acids is 1. The lowest BCUT2D eigenvalue weighted by Gasteiger charge is -2.34. The van der Waals surface area contributed by atoms with E-state index in [2.05, 4.69) is 20.9 Å². The van der Waals surface area contributed by atoms with Crippen molar-refractivity contribution in [3.8, 4) is 0 Å². The maximum Gasteiger partial charge on any atom is 0.212 e. The van der Waals surface area contributed by atoms with Crippen molar-refractivity contribution in [3.05, 3.63) is 88.8 Å². The van der Waals surface area contributed by atoms with Crippen LogP contribution in [0, 0.1) is 0 Å². The van der Waals surface area contributed by atoms with E-state index in [1.54, 1.807) is 30.6 Å². The summed E-state index contributed by atoms with van der Waals surface area (Å²) < 4.78 is 0. The number of nitrogens with zero attached hydrogens (tertiary/aromatic N) is 3. The average Bonchev–Trinajstić information content (AvgIpc) is 2.74. The number of rotatable bonds is 4. The summed E-state index contributed by atoms with van der Waals surface area (Å²) in [4.78, 5) is 23.6. The third-order valence-corrected chi connectivity index (χ3v) is 5.19. The predicted octanol–water partition coefficient (Wildman–Crippen LogP) is 4.75. The van der Waals surface area contributed by atoms with Crippen LogP contribution in [-0.4, -0.2) is 28.8 Å². The maximum atomic E-state index is 12.7. The molecule has 136 valence electrons.